The van der Waals surface area contributed by atoms with Gasteiger partial charge in [0.25, 0.3) is 0 Å². The number of carbonyl (C=O) groups is 1. The van der Waals surface area contributed by atoms with Crippen LogP contribution in [0.25, 0.3) is 0 Å². The highest BCUT2D eigenvalue weighted by molar-refractivity contribution is 5.78. The molecule has 130 valence electrons. The fourth-order valence-electron chi connectivity index (χ4n) is 2.54. The Kier molecular flexibility index (Phi) is 7.06. The molecule has 0 spiro atoms. The molecule has 4 nitrogen and oxygen atoms in total. The Bertz CT molecular complexity index is 750. The number of carbonyl (C=O) groups excluding carboxylic acids is 1. The molecule has 25 heavy (non-hydrogen) atoms. The van der Waals surface area contributed by atoms with Gasteiger partial charge in [-0.2, -0.15) is 0 Å². The smallest absolute Gasteiger partial charge is 0.234 e. The van der Waals surface area contributed by atoms with Crippen LogP contribution in [0.15, 0.2) is 48.5 Å². The molecule has 0 radical (unpaired) electrons. The third kappa shape index (κ3) is 5.98. The van der Waals surface area contributed by atoms with Gasteiger partial charge >= 0.3 is 0 Å². The van der Waals surface area contributed by atoms with E-state index in [1.54, 1.807) is 0 Å². The number of terminal acetylenes is 1. The lowest BCUT2D eigenvalue weighted by Crippen LogP contribution is -2.34. The van der Waals surface area contributed by atoms with Gasteiger partial charge in [0.1, 0.15) is 12.4 Å². The quantitative estimate of drug-likeness (QED) is 0.754. The normalized spacial score (nSPS) is 10.3. The van der Waals surface area contributed by atoms with Crippen molar-refractivity contribution in [2.75, 3.05) is 20.2 Å². The summed E-state index contributed by atoms with van der Waals surface area (Å²) in [6, 6.07) is 15.8. The van der Waals surface area contributed by atoms with Crippen LogP contribution in [0.1, 0.15) is 16.7 Å². The van der Waals surface area contributed by atoms with Gasteiger partial charge in [0.15, 0.2) is 0 Å². The molecule has 1 N–H and O–H groups in total. The van der Waals surface area contributed by atoms with E-state index in [1.807, 2.05) is 67.4 Å². The Morgan fingerprint density at radius 1 is 1.16 bits per heavy atom. The molecule has 0 saturated heterocycles. The predicted molar refractivity (Wildman–Crippen MR) is 100 cm³/mol. The van der Waals surface area contributed by atoms with Crippen LogP contribution in [-0.2, 0) is 17.9 Å². The second-order valence-corrected chi connectivity index (χ2v) is 5.98. The molecule has 0 atom stereocenters. The molecular formula is C21H24N2O2. The van der Waals surface area contributed by atoms with Crippen molar-refractivity contribution < 1.29 is 9.53 Å². The van der Waals surface area contributed by atoms with Gasteiger partial charge in [-0.05, 0) is 31.2 Å². The molecule has 0 saturated carbocycles. The summed E-state index contributed by atoms with van der Waals surface area (Å²) in [6.07, 6.45) is 5.25. The second kappa shape index (κ2) is 9.51. The lowest BCUT2D eigenvalue weighted by Gasteiger charge is -2.18. The maximum absolute atomic E-state index is 12.2. The van der Waals surface area contributed by atoms with Crippen molar-refractivity contribution in [1.82, 2.24) is 10.2 Å². The first-order valence-corrected chi connectivity index (χ1v) is 8.24. The zero-order valence-corrected chi connectivity index (χ0v) is 14.8. The number of likely N-dealkylation sites (N-methyl/N-ethyl adjacent to an activating group) is 1. The van der Waals surface area contributed by atoms with E-state index in [4.69, 9.17) is 11.2 Å². The molecule has 2 aromatic rings. The molecule has 0 bridgehead atoms. The number of benzene rings is 2. The van der Waals surface area contributed by atoms with Gasteiger partial charge < -0.3 is 10.1 Å². The molecule has 0 unspecified atom stereocenters. The molecule has 0 heterocycles. The monoisotopic (exact) mass is 336 g/mol. The summed E-state index contributed by atoms with van der Waals surface area (Å²) in [5.41, 5.74) is 3.31. The van der Waals surface area contributed by atoms with Crippen molar-refractivity contribution in [1.29, 1.82) is 0 Å². The van der Waals surface area contributed by atoms with Crippen LogP contribution in [0.4, 0.5) is 0 Å². The van der Waals surface area contributed by atoms with E-state index in [2.05, 4.69) is 11.2 Å². The van der Waals surface area contributed by atoms with Crippen molar-refractivity contribution >= 4 is 5.91 Å². The van der Waals surface area contributed by atoms with Gasteiger partial charge in [0.2, 0.25) is 5.91 Å². The molecule has 4 heteroatoms. The maximum Gasteiger partial charge on any atom is 0.234 e. The number of amides is 1. The summed E-state index contributed by atoms with van der Waals surface area (Å²) >= 11 is 0. The minimum Gasteiger partial charge on any atom is -0.481 e. The predicted octanol–water partition coefficient (Wildman–Crippen LogP) is 2.76. The first-order chi connectivity index (χ1) is 12.1. The molecule has 2 rings (SSSR count). The summed E-state index contributed by atoms with van der Waals surface area (Å²) < 4.78 is 5.55. The van der Waals surface area contributed by atoms with Gasteiger partial charge in [-0.3, -0.25) is 9.69 Å². The molecule has 1 amide bonds. The number of aryl methyl sites for hydroxylation is 1. The van der Waals surface area contributed by atoms with Crippen molar-refractivity contribution in [3.05, 3.63) is 65.2 Å². The Hall–Kier alpha value is -2.77. The fraction of sp³-hybridized carbons (Fsp3) is 0.286. The number of rotatable bonds is 8. The molecule has 0 aliphatic rings. The van der Waals surface area contributed by atoms with E-state index < -0.39 is 0 Å². The van der Waals surface area contributed by atoms with Crippen molar-refractivity contribution in [2.24, 2.45) is 0 Å². The van der Waals surface area contributed by atoms with Gasteiger partial charge in [-0.1, -0.05) is 48.4 Å². The Labute approximate surface area is 149 Å². The highest BCUT2D eigenvalue weighted by Crippen LogP contribution is 2.19. The number of hydrogen-bond acceptors (Lipinski definition) is 3. The number of para-hydroxylation sites is 1. The van der Waals surface area contributed by atoms with Crippen molar-refractivity contribution in [3.8, 4) is 18.1 Å². The lowest BCUT2D eigenvalue weighted by atomic mass is 10.1. The average Bonchev–Trinajstić information content (AvgIpc) is 2.60. The first kappa shape index (κ1) is 18.6. The van der Waals surface area contributed by atoms with Gasteiger partial charge in [-0.25, -0.2) is 0 Å². The van der Waals surface area contributed by atoms with Crippen LogP contribution in [0.3, 0.4) is 0 Å². The molecule has 0 aromatic heterocycles. The average molecular weight is 336 g/mol. The van der Waals surface area contributed by atoms with E-state index in [0.717, 1.165) is 16.9 Å². The maximum atomic E-state index is 12.2. The van der Waals surface area contributed by atoms with Crippen molar-refractivity contribution in [2.45, 2.75) is 20.0 Å². The van der Waals surface area contributed by atoms with Crippen molar-refractivity contribution in [3.63, 3.8) is 0 Å². The van der Waals surface area contributed by atoms with Crippen LogP contribution in [0.2, 0.25) is 0 Å². The second-order valence-electron chi connectivity index (χ2n) is 5.98. The van der Waals surface area contributed by atoms with Crippen LogP contribution in [0.5, 0.6) is 5.75 Å². The standard InChI is InChI=1S/C21H24N2O2/c1-4-13-25-20-12-8-7-11-19(20)15-23(3)16-21(24)22-14-18-10-6-5-9-17(18)2/h1,5-12H,13-16H2,2-3H3,(H,22,24). The zero-order chi connectivity index (χ0) is 18.1. The van der Waals surface area contributed by atoms with Gasteiger partial charge in [-0.15, -0.1) is 6.42 Å². The molecule has 0 aliphatic heterocycles. The fourth-order valence-corrected chi connectivity index (χ4v) is 2.54. The third-order valence-corrected chi connectivity index (χ3v) is 3.87. The number of ether oxygens (including phenoxy) is 1. The number of hydrogen-bond donors (Lipinski definition) is 1. The number of nitrogens with one attached hydrogen (secondary N) is 1. The molecule has 0 aliphatic carbocycles. The topological polar surface area (TPSA) is 41.6 Å². The van der Waals surface area contributed by atoms with Gasteiger partial charge in [0, 0.05) is 18.7 Å². The van der Waals surface area contributed by atoms with Crippen LogP contribution < -0.4 is 10.1 Å². The molecular weight excluding hydrogens is 312 g/mol. The summed E-state index contributed by atoms with van der Waals surface area (Å²) in [4.78, 5) is 14.1. The van der Waals surface area contributed by atoms with E-state index in [-0.39, 0.29) is 12.5 Å². The lowest BCUT2D eigenvalue weighted by molar-refractivity contribution is -0.122. The SMILES string of the molecule is C#CCOc1ccccc1CN(C)CC(=O)NCc1ccccc1C. The molecule has 0 fully saturated rings. The highest BCUT2D eigenvalue weighted by Gasteiger charge is 2.10. The minimum atomic E-state index is -0.00669. The highest BCUT2D eigenvalue weighted by atomic mass is 16.5. The van der Waals surface area contributed by atoms with E-state index >= 15 is 0 Å². The Balaban J connectivity index is 1.86. The van der Waals surface area contributed by atoms with Crippen LogP contribution >= 0.6 is 0 Å². The van der Waals surface area contributed by atoms with Crippen LogP contribution in [-0.4, -0.2) is 31.0 Å². The van der Waals surface area contributed by atoms with Gasteiger partial charge in [0.05, 0.1) is 6.54 Å². The summed E-state index contributed by atoms with van der Waals surface area (Å²) in [6.45, 7) is 3.74. The molecule has 2 aromatic carbocycles. The van der Waals surface area contributed by atoms with Crippen LogP contribution in [0, 0.1) is 19.3 Å². The summed E-state index contributed by atoms with van der Waals surface area (Å²) in [5.74, 6) is 3.22. The van der Waals surface area contributed by atoms with E-state index in [1.165, 1.54) is 5.56 Å². The summed E-state index contributed by atoms with van der Waals surface area (Å²) in [5, 5.41) is 2.97. The largest absolute Gasteiger partial charge is 0.481 e. The Morgan fingerprint density at radius 3 is 2.56 bits per heavy atom. The minimum absolute atomic E-state index is 0.00669. The van der Waals surface area contributed by atoms with E-state index in [9.17, 15) is 4.79 Å². The first-order valence-electron chi connectivity index (χ1n) is 8.24. The van der Waals surface area contributed by atoms with E-state index in [0.29, 0.717) is 19.6 Å². The zero-order valence-electron chi connectivity index (χ0n) is 14.8. The number of nitrogens with zero attached hydrogens (tertiary/aromatic N) is 1. The summed E-state index contributed by atoms with van der Waals surface area (Å²) in [7, 11) is 1.91. The Morgan fingerprint density at radius 2 is 1.84 bits per heavy atom. The third-order valence-electron chi connectivity index (χ3n) is 3.87.